The molecule has 0 radical (unpaired) electrons. The van der Waals surface area contributed by atoms with Gasteiger partial charge < -0.3 is 5.32 Å². The summed E-state index contributed by atoms with van der Waals surface area (Å²) in [5, 5.41) is 13.7. The van der Waals surface area contributed by atoms with Crippen molar-refractivity contribution in [3.05, 3.63) is 69.5 Å². The summed E-state index contributed by atoms with van der Waals surface area (Å²) < 4.78 is 12.9. The Morgan fingerprint density at radius 2 is 1.96 bits per heavy atom. The van der Waals surface area contributed by atoms with Crippen molar-refractivity contribution in [2.75, 3.05) is 5.32 Å². The van der Waals surface area contributed by atoms with Crippen LogP contribution in [0.15, 0.2) is 47.5 Å². The maximum Gasteiger partial charge on any atom is 0.269 e. The summed E-state index contributed by atoms with van der Waals surface area (Å²) in [7, 11) is 0. The number of nitro benzene ring substituents is 1. The molecule has 0 spiro atoms. The minimum absolute atomic E-state index is 0.0296. The van der Waals surface area contributed by atoms with Gasteiger partial charge in [-0.2, -0.15) is 0 Å². The van der Waals surface area contributed by atoms with Crippen LogP contribution in [-0.2, 0) is 4.79 Å². The first-order chi connectivity index (χ1) is 11.5. The van der Waals surface area contributed by atoms with Crippen LogP contribution in [0.1, 0.15) is 24.0 Å². The highest BCUT2D eigenvalue weighted by molar-refractivity contribution is 6.00. The van der Waals surface area contributed by atoms with Gasteiger partial charge in [-0.3, -0.25) is 19.9 Å². The van der Waals surface area contributed by atoms with Crippen LogP contribution < -0.4 is 5.32 Å². The number of hydrogen-bond donors (Lipinski definition) is 1. The van der Waals surface area contributed by atoms with Gasteiger partial charge in [-0.15, -0.1) is 0 Å². The molecule has 3 rings (SSSR count). The third kappa shape index (κ3) is 3.01. The Hall–Kier alpha value is -3.09. The molecule has 2 aromatic rings. The van der Waals surface area contributed by atoms with Crippen molar-refractivity contribution in [2.24, 2.45) is 4.99 Å². The van der Waals surface area contributed by atoms with Crippen molar-refractivity contribution >= 4 is 23.5 Å². The van der Waals surface area contributed by atoms with Crippen LogP contribution in [0, 0.1) is 15.9 Å². The van der Waals surface area contributed by atoms with Gasteiger partial charge in [-0.1, -0.05) is 19.1 Å². The number of nitrogens with one attached hydrogen (secondary N) is 1. The number of halogens is 1. The van der Waals surface area contributed by atoms with Crippen molar-refractivity contribution < 1.29 is 14.1 Å². The lowest BCUT2D eigenvalue weighted by molar-refractivity contribution is -0.384. The number of aliphatic imine (C=N–C) groups is 1. The summed E-state index contributed by atoms with van der Waals surface area (Å²) in [5.74, 6) is -0.940. The summed E-state index contributed by atoms with van der Waals surface area (Å²) in [6.45, 7) is 1.80. The number of hydrogen-bond acceptors (Lipinski definition) is 4. The predicted octanol–water partition coefficient (Wildman–Crippen LogP) is 3.28. The quantitative estimate of drug-likeness (QED) is 0.533. The lowest BCUT2D eigenvalue weighted by atomic mass is 9.88. The summed E-state index contributed by atoms with van der Waals surface area (Å²) in [6, 6.07) is 9.38. The molecule has 2 atom stereocenters. The number of fused-ring (bicyclic) bond motifs is 1. The summed E-state index contributed by atoms with van der Waals surface area (Å²) >= 11 is 0. The normalized spacial score (nSPS) is 19.8. The first-order valence-electron chi connectivity index (χ1n) is 7.33. The third-order valence-electron chi connectivity index (χ3n) is 3.99. The molecule has 6 nitrogen and oxygen atoms in total. The smallest absolute Gasteiger partial charge is 0.269 e. The zero-order chi connectivity index (χ0) is 17.3. The number of rotatable bonds is 3. The van der Waals surface area contributed by atoms with Crippen LogP contribution in [0.25, 0.3) is 0 Å². The lowest BCUT2D eigenvalue weighted by Gasteiger charge is -2.28. The molecule has 0 saturated carbocycles. The zero-order valence-corrected chi connectivity index (χ0v) is 12.8. The molecular formula is C17H14FN3O3. The molecule has 24 heavy (non-hydrogen) atoms. The van der Waals surface area contributed by atoms with E-state index in [4.69, 9.17) is 0 Å². The van der Waals surface area contributed by atoms with E-state index in [1.807, 2.05) is 0 Å². The third-order valence-corrected chi connectivity index (χ3v) is 3.99. The predicted molar refractivity (Wildman–Crippen MR) is 87.9 cm³/mol. The van der Waals surface area contributed by atoms with Crippen molar-refractivity contribution in [3.63, 3.8) is 0 Å². The molecule has 0 aliphatic carbocycles. The molecular weight excluding hydrogens is 313 g/mol. The van der Waals surface area contributed by atoms with E-state index in [-0.39, 0.29) is 23.3 Å². The van der Waals surface area contributed by atoms with Gasteiger partial charge in [0, 0.05) is 30.0 Å². The van der Waals surface area contributed by atoms with Crippen molar-refractivity contribution in [1.82, 2.24) is 0 Å². The minimum atomic E-state index is -0.704. The summed E-state index contributed by atoms with van der Waals surface area (Å²) in [4.78, 5) is 27.0. The van der Waals surface area contributed by atoms with Crippen LogP contribution in [0.3, 0.4) is 0 Å². The molecule has 0 bridgehead atoms. The molecule has 1 aliphatic heterocycles. The zero-order valence-electron chi connectivity index (χ0n) is 12.8. The first kappa shape index (κ1) is 15.8. The largest absolute Gasteiger partial charge is 0.324 e. The van der Waals surface area contributed by atoms with E-state index in [0.717, 1.165) is 0 Å². The average Bonchev–Trinajstić information content (AvgIpc) is 2.56. The number of benzene rings is 2. The van der Waals surface area contributed by atoms with E-state index in [2.05, 4.69) is 10.3 Å². The van der Waals surface area contributed by atoms with Crippen molar-refractivity contribution in [2.45, 2.75) is 18.9 Å². The second-order valence-corrected chi connectivity index (χ2v) is 5.58. The van der Waals surface area contributed by atoms with E-state index in [0.29, 0.717) is 16.8 Å². The first-order valence-corrected chi connectivity index (χ1v) is 7.33. The van der Waals surface area contributed by atoms with Gasteiger partial charge in [0.1, 0.15) is 11.9 Å². The average molecular weight is 327 g/mol. The number of amides is 1. The number of nitro groups is 1. The van der Waals surface area contributed by atoms with Crippen molar-refractivity contribution in [3.8, 4) is 0 Å². The molecule has 122 valence electrons. The van der Waals surface area contributed by atoms with Crippen LogP contribution in [0.5, 0.6) is 0 Å². The maximum atomic E-state index is 12.9. The van der Waals surface area contributed by atoms with Gasteiger partial charge >= 0.3 is 0 Å². The molecule has 1 heterocycles. The van der Waals surface area contributed by atoms with E-state index < -0.39 is 11.0 Å². The van der Waals surface area contributed by atoms with Crippen molar-refractivity contribution in [1.29, 1.82) is 0 Å². The Morgan fingerprint density at radius 1 is 1.25 bits per heavy atom. The summed E-state index contributed by atoms with van der Waals surface area (Å²) in [6.07, 6.45) is 1.50. The number of anilines is 1. The van der Waals surface area contributed by atoms with Gasteiger partial charge in [0.25, 0.3) is 5.69 Å². The monoisotopic (exact) mass is 327 g/mol. The molecule has 2 unspecified atom stereocenters. The molecule has 1 aliphatic rings. The second kappa shape index (κ2) is 6.19. The number of non-ortho nitro benzene ring substituents is 1. The number of nitrogens with zero attached hydrogens (tertiary/aromatic N) is 2. The topological polar surface area (TPSA) is 84.6 Å². The van der Waals surface area contributed by atoms with E-state index >= 15 is 0 Å². The second-order valence-electron chi connectivity index (χ2n) is 5.58. The van der Waals surface area contributed by atoms with Crippen LogP contribution in [0.4, 0.5) is 15.8 Å². The molecule has 0 fully saturated rings. The van der Waals surface area contributed by atoms with E-state index in [9.17, 15) is 19.3 Å². The van der Waals surface area contributed by atoms with Crippen LogP contribution in [-0.4, -0.2) is 23.1 Å². The molecule has 0 aromatic heterocycles. The van der Waals surface area contributed by atoms with E-state index in [1.165, 1.54) is 36.5 Å². The highest BCUT2D eigenvalue weighted by atomic mass is 19.1. The number of carbonyl (C=O) groups is 1. The Morgan fingerprint density at radius 3 is 2.62 bits per heavy atom. The fourth-order valence-corrected chi connectivity index (χ4v) is 2.67. The van der Waals surface area contributed by atoms with E-state index in [1.54, 1.807) is 19.1 Å². The molecule has 2 aromatic carbocycles. The molecule has 7 heteroatoms. The Balaban J connectivity index is 1.90. The van der Waals surface area contributed by atoms with Gasteiger partial charge in [0.2, 0.25) is 5.91 Å². The lowest BCUT2D eigenvalue weighted by Crippen LogP contribution is -2.36. The Bertz CT molecular complexity index is 833. The maximum absolute atomic E-state index is 12.9. The van der Waals surface area contributed by atoms with Gasteiger partial charge in [0.15, 0.2) is 0 Å². The Kier molecular flexibility index (Phi) is 4.07. The van der Waals surface area contributed by atoms with Gasteiger partial charge in [-0.05, 0) is 29.3 Å². The Labute approximate surface area is 137 Å². The van der Waals surface area contributed by atoms with Gasteiger partial charge in [-0.25, -0.2) is 4.39 Å². The SMILES string of the molecule is CC1c2cc([N+](=O)[O-])ccc2NC(=O)C1N=Cc1ccc(F)cc1. The fourth-order valence-electron chi connectivity index (χ4n) is 2.67. The number of carbonyl (C=O) groups excluding carboxylic acids is 1. The van der Waals surface area contributed by atoms with Gasteiger partial charge in [0.05, 0.1) is 4.92 Å². The summed E-state index contributed by atoms with van der Waals surface area (Å²) in [5.41, 5.74) is 1.87. The van der Waals surface area contributed by atoms with Crippen LogP contribution in [0.2, 0.25) is 0 Å². The minimum Gasteiger partial charge on any atom is -0.324 e. The fraction of sp³-hybridized carbons (Fsp3) is 0.176. The highest BCUT2D eigenvalue weighted by Gasteiger charge is 2.33. The van der Waals surface area contributed by atoms with Crippen LogP contribution >= 0.6 is 0 Å². The molecule has 1 N–H and O–H groups in total. The highest BCUT2D eigenvalue weighted by Crippen LogP contribution is 2.35. The molecule has 1 amide bonds. The standard InChI is InChI=1S/C17H14FN3O3/c1-10-14-8-13(21(23)24)6-7-15(14)20-17(22)16(10)19-9-11-2-4-12(18)5-3-11/h2-10,16H,1H3,(H,20,22). The molecule has 0 saturated heterocycles.